The Bertz CT molecular complexity index is 559. The van der Waals surface area contributed by atoms with E-state index in [2.05, 4.69) is 91.9 Å². The molecule has 0 nitrogen and oxygen atoms in total. The first-order chi connectivity index (χ1) is 9.86. The maximum absolute atomic E-state index is 2.42. The van der Waals surface area contributed by atoms with Crippen LogP contribution in [-0.2, 0) is 0 Å². The third-order valence-corrected chi connectivity index (χ3v) is 7.97. The van der Waals surface area contributed by atoms with Gasteiger partial charge in [0.05, 0.1) is 0 Å². The van der Waals surface area contributed by atoms with Crippen molar-refractivity contribution in [3.8, 4) is 0 Å². The zero-order valence-corrected chi connectivity index (χ0v) is 13.0. The van der Waals surface area contributed by atoms with Gasteiger partial charge in [-0.3, -0.25) is 0 Å². The summed E-state index contributed by atoms with van der Waals surface area (Å²) < 4.78 is 0. The van der Waals surface area contributed by atoms with E-state index in [1.807, 2.05) is 0 Å². The van der Waals surface area contributed by atoms with Crippen LogP contribution >= 0.6 is 0 Å². The van der Waals surface area contributed by atoms with Crippen molar-refractivity contribution in [3.63, 3.8) is 0 Å². The molecular formula is C19H20Si. The second kappa shape index (κ2) is 6.06. The van der Waals surface area contributed by atoms with Crippen molar-refractivity contribution in [2.45, 2.75) is 12.5 Å². The highest BCUT2D eigenvalue weighted by Crippen LogP contribution is 2.27. The molecule has 0 radical (unpaired) electrons. The number of hydrogen-bond donors (Lipinski definition) is 0. The van der Waals surface area contributed by atoms with Crippen LogP contribution in [0.15, 0.2) is 85.0 Å². The van der Waals surface area contributed by atoms with E-state index in [0.29, 0.717) is 11.5 Å². The summed E-state index contributed by atoms with van der Waals surface area (Å²) in [4.78, 5) is 0. The van der Waals surface area contributed by atoms with E-state index in [0.717, 1.165) is 0 Å². The molecule has 2 aromatic carbocycles. The molecule has 0 saturated heterocycles. The normalized spacial score (nSPS) is 21.3. The summed E-state index contributed by atoms with van der Waals surface area (Å²) in [5.74, 6) is 0.622. The molecule has 0 aromatic heterocycles. The topological polar surface area (TPSA) is 0 Å². The quantitative estimate of drug-likeness (QED) is 0.756. The number of rotatable bonds is 3. The lowest BCUT2D eigenvalue weighted by molar-refractivity contribution is 0.726. The fraction of sp³-hybridized carbons (Fsp3) is 0.158. The largest absolute Gasteiger partial charge is 0.110 e. The molecule has 100 valence electrons. The van der Waals surface area contributed by atoms with Gasteiger partial charge in [0, 0.05) is 0 Å². The third kappa shape index (κ3) is 2.68. The predicted octanol–water partition coefficient (Wildman–Crippen LogP) is 3.16. The third-order valence-electron chi connectivity index (χ3n) is 4.17. The Balaban J connectivity index is 2.05. The van der Waals surface area contributed by atoms with Crippen LogP contribution in [0, 0.1) is 5.92 Å². The SMILES string of the molecule is CC1C=CC=CC1[SiH](c1ccccc1)c1ccccc1. The minimum absolute atomic E-state index is 0.622. The molecule has 0 aliphatic heterocycles. The van der Waals surface area contributed by atoms with E-state index >= 15 is 0 Å². The lowest BCUT2D eigenvalue weighted by Crippen LogP contribution is -2.47. The molecule has 20 heavy (non-hydrogen) atoms. The maximum Gasteiger partial charge on any atom is 0.110 e. The van der Waals surface area contributed by atoms with Crippen molar-refractivity contribution in [1.29, 1.82) is 0 Å². The minimum atomic E-state index is -1.23. The average molecular weight is 276 g/mol. The highest BCUT2D eigenvalue weighted by molar-refractivity contribution is 6.86. The van der Waals surface area contributed by atoms with Gasteiger partial charge in [-0.1, -0.05) is 102 Å². The van der Waals surface area contributed by atoms with Crippen LogP contribution in [0.3, 0.4) is 0 Å². The van der Waals surface area contributed by atoms with Crippen LogP contribution in [0.2, 0.25) is 5.54 Å². The fourth-order valence-electron chi connectivity index (χ4n) is 3.11. The monoisotopic (exact) mass is 276 g/mol. The zero-order valence-electron chi connectivity index (χ0n) is 11.8. The fourth-order valence-corrected chi connectivity index (χ4v) is 6.74. The van der Waals surface area contributed by atoms with Crippen LogP contribution < -0.4 is 10.4 Å². The predicted molar refractivity (Wildman–Crippen MR) is 90.5 cm³/mol. The first-order valence-corrected chi connectivity index (χ1v) is 9.13. The van der Waals surface area contributed by atoms with E-state index in [-0.39, 0.29) is 0 Å². The Morgan fingerprint density at radius 2 is 1.20 bits per heavy atom. The second-order valence-corrected chi connectivity index (χ2v) is 8.56. The summed E-state index contributed by atoms with van der Waals surface area (Å²) in [6.45, 7) is 2.34. The number of benzene rings is 2. The number of allylic oxidation sites excluding steroid dienone is 4. The highest BCUT2D eigenvalue weighted by atomic mass is 28.3. The van der Waals surface area contributed by atoms with Crippen LogP contribution in [0.1, 0.15) is 6.92 Å². The molecule has 2 aromatic rings. The van der Waals surface area contributed by atoms with E-state index in [1.165, 1.54) is 10.4 Å². The molecule has 0 amide bonds. The summed E-state index contributed by atoms with van der Waals surface area (Å²) >= 11 is 0. The summed E-state index contributed by atoms with van der Waals surface area (Å²) in [7, 11) is -1.23. The van der Waals surface area contributed by atoms with Gasteiger partial charge >= 0.3 is 0 Å². The van der Waals surface area contributed by atoms with E-state index < -0.39 is 8.80 Å². The van der Waals surface area contributed by atoms with Crippen molar-refractivity contribution in [1.82, 2.24) is 0 Å². The zero-order chi connectivity index (χ0) is 13.8. The summed E-state index contributed by atoms with van der Waals surface area (Å²) in [6, 6.07) is 22.1. The van der Waals surface area contributed by atoms with E-state index in [4.69, 9.17) is 0 Å². The average Bonchev–Trinajstić information content (AvgIpc) is 2.52. The molecule has 0 spiro atoms. The van der Waals surface area contributed by atoms with Crippen molar-refractivity contribution >= 4 is 19.2 Å². The van der Waals surface area contributed by atoms with Crippen molar-refractivity contribution < 1.29 is 0 Å². The van der Waals surface area contributed by atoms with Gasteiger partial charge in [0.15, 0.2) is 0 Å². The molecule has 0 fully saturated rings. The smallest absolute Gasteiger partial charge is 0.0831 e. The van der Waals surface area contributed by atoms with Crippen molar-refractivity contribution in [2.24, 2.45) is 5.92 Å². The van der Waals surface area contributed by atoms with Gasteiger partial charge in [-0.15, -0.1) is 0 Å². The summed E-state index contributed by atoms with van der Waals surface area (Å²) in [6.07, 6.45) is 9.16. The van der Waals surface area contributed by atoms with Gasteiger partial charge < -0.3 is 0 Å². The minimum Gasteiger partial charge on any atom is -0.0831 e. The summed E-state index contributed by atoms with van der Waals surface area (Å²) in [5, 5.41) is 3.08. The first kappa shape index (κ1) is 13.1. The molecule has 1 aliphatic rings. The van der Waals surface area contributed by atoms with Crippen molar-refractivity contribution in [2.75, 3.05) is 0 Å². The molecule has 1 heteroatoms. The Hall–Kier alpha value is -1.86. The molecule has 0 N–H and O–H groups in total. The molecule has 2 atom stereocenters. The Kier molecular flexibility index (Phi) is 3.98. The molecular weight excluding hydrogens is 256 g/mol. The molecule has 3 rings (SSSR count). The van der Waals surface area contributed by atoms with E-state index in [1.54, 1.807) is 0 Å². The van der Waals surface area contributed by atoms with Crippen LogP contribution in [0.5, 0.6) is 0 Å². The highest BCUT2D eigenvalue weighted by Gasteiger charge is 2.28. The Labute approximate surface area is 123 Å². The van der Waals surface area contributed by atoms with Crippen LogP contribution in [0.4, 0.5) is 0 Å². The maximum atomic E-state index is 2.42. The lowest BCUT2D eigenvalue weighted by Gasteiger charge is -2.29. The molecule has 2 unspecified atom stereocenters. The van der Waals surface area contributed by atoms with Gasteiger partial charge in [0.2, 0.25) is 0 Å². The van der Waals surface area contributed by atoms with Crippen LogP contribution in [0.25, 0.3) is 0 Å². The Morgan fingerprint density at radius 3 is 1.70 bits per heavy atom. The molecule has 0 heterocycles. The lowest BCUT2D eigenvalue weighted by atomic mass is 10.0. The molecule has 1 aliphatic carbocycles. The van der Waals surface area contributed by atoms with Gasteiger partial charge in [0.25, 0.3) is 0 Å². The van der Waals surface area contributed by atoms with Gasteiger partial charge in [-0.05, 0) is 11.5 Å². The standard InChI is InChI=1S/C19H20Si/c1-16-10-8-9-15-19(16)20(17-11-4-2-5-12-17)18-13-6-3-7-14-18/h2-16,19-20H,1H3. The van der Waals surface area contributed by atoms with Gasteiger partial charge in [0.1, 0.15) is 8.80 Å². The summed E-state index contributed by atoms with van der Waals surface area (Å²) in [5.41, 5.74) is 0.657. The molecule has 0 bridgehead atoms. The van der Waals surface area contributed by atoms with Crippen molar-refractivity contribution in [3.05, 3.63) is 85.0 Å². The second-order valence-electron chi connectivity index (χ2n) is 5.51. The first-order valence-electron chi connectivity index (χ1n) is 7.31. The Morgan fingerprint density at radius 1 is 0.700 bits per heavy atom. The van der Waals surface area contributed by atoms with Crippen LogP contribution in [-0.4, -0.2) is 8.80 Å². The number of hydrogen-bond acceptors (Lipinski definition) is 0. The molecule has 0 saturated carbocycles. The van der Waals surface area contributed by atoms with E-state index in [9.17, 15) is 0 Å². The van der Waals surface area contributed by atoms with Gasteiger partial charge in [-0.2, -0.15) is 0 Å². The van der Waals surface area contributed by atoms with Gasteiger partial charge in [-0.25, -0.2) is 0 Å².